The zero-order valence-corrected chi connectivity index (χ0v) is 16.3. The van der Waals surface area contributed by atoms with Gasteiger partial charge in [0.1, 0.15) is 11.0 Å². The number of carbonyl (C=O) groups is 2. The van der Waals surface area contributed by atoms with Crippen LogP contribution in [0.2, 0.25) is 0 Å². The number of anilines is 1. The Morgan fingerprint density at radius 2 is 1.87 bits per heavy atom. The molecule has 30 heavy (non-hydrogen) atoms. The maximum absolute atomic E-state index is 13.9. The summed E-state index contributed by atoms with van der Waals surface area (Å²) in [6.45, 7) is 0. The van der Waals surface area contributed by atoms with Crippen molar-refractivity contribution < 1.29 is 19.1 Å². The second kappa shape index (κ2) is 6.21. The number of nitrogens with two attached hydrogens (primary N) is 1. The Hall–Kier alpha value is -4.07. The molecular formula is C22H18N4O4. The number of fused-ring (bicyclic) bond motifs is 4. The number of benzene rings is 2. The number of nitrogens with zero attached hydrogens (tertiary/aromatic N) is 2. The highest BCUT2D eigenvalue weighted by molar-refractivity contribution is 6.19. The number of esters is 1. The van der Waals surface area contributed by atoms with E-state index in [1.54, 1.807) is 7.05 Å². The predicted octanol–water partition coefficient (Wildman–Crippen LogP) is 2.07. The summed E-state index contributed by atoms with van der Waals surface area (Å²) >= 11 is 0. The van der Waals surface area contributed by atoms with Crippen LogP contribution in [0, 0.1) is 0 Å². The normalized spacial score (nSPS) is 19.5. The number of para-hydroxylation sites is 1. The molecule has 1 amide bonds. The Labute approximate surface area is 171 Å². The molecule has 0 radical (unpaired) electrons. The smallest absolute Gasteiger partial charge is 0.340 e. The van der Waals surface area contributed by atoms with Crippen molar-refractivity contribution in [3.05, 3.63) is 77.2 Å². The van der Waals surface area contributed by atoms with Gasteiger partial charge in [-0.1, -0.05) is 48.5 Å². The van der Waals surface area contributed by atoms with Gasteiger partial charge in [-0.15, -0.1) is 5.10 Å². The molecule has 3 aromatic rings. The van der Waals surface area contributed by atoms with E-state index < -0.39 is 11.4 Å². The van der Waals surface area contributed by atoms with Crippen LogP contribution in [0.5, 0.6) is 5.88 Å². The van der Waals surface area contributed by atoms with Gasteiger partial charge in [-0.25, -0.2) is 4.79 Å². The highest BCUT2D eigenvalue weighted by atomic mass is 16.5. The Kier molecular flexibility index (Phi) is 3.73. The number of hydrogen-bond donors (Lipinski definition) is 2. The molecule has 2 aliphatic rings. The Morgan fingerprint density at radius 3 is 2.60 bits per heavy atom. The van der Waals surface area contributed by atoms with Crippen molar-refractivity contribution in [2.24, 2.45) is 5.73 Å². The summed E-state index contributed by atoms with van der Waals surface area (Å²) in [5.74, 6) is -1.14. The van der Waals surface area contributed by atoms with E-state index in [1.165, 1.54) is 12.0 Å². The predicted molar refractivity (Wildman–Crippen MR) is 109 cm³/mol. The number of aromatic nitrogens is 2. The van der Waals surface area contributed by atoms with Crippen LogP contribution >= 0.6 is 0 Å². The first-order chi connectivity index (χ1) is 14.5. The van der Waals surface area contributed by atoms with Gasteiger partial charge in [-0.2, -0.15) is 0 Å². The lowest BCUT2D eigenvalue weighted by atomic mass is 9.68. The number of methoxy groups -OCH3 is 1. The van der Waals surface area contributed by atoms with Crippen LogP contribution in [-0.2, 0) is 19.7 Å². The van der Waals surface area contributed by atoms with E-state index in [0.29, 0.717) is 22.5 Å². The third-order valence-electron chi connectivity index (χ3n) is 5.68. The second-order valence-electron chi connectivity index (χ2n) is 7.11. The van der Waals surface area contributed by atoms with Gasteiger partial charge in [0.25, 0.3) is 0 Å². The van der Waals surface area contributed by atoms with Crippen molar-refractivity contribution in [3.63, 3.8) is 0 Å². The van der Waals surface area contributed by atoms with E-state index in [9.17, 15) is 9.59 Å². The maximum Gasteiger partial charge on any atom is 0.340 e. The number of ether oxygens (including phenoxy) is 2. The number of nitrogens with one attached hydrogen (secondary N) is 1. The van der Waals surface area contributed by atoms with Crippen molar-refractivity contribution in [2.75, 3.05) is 19.1 Å². The van der Waals surface area contributed by atoms with Gasteiger partial charge >= 0.3 is 5.97 Å². The molecule has 2 aromatic carbocycles. The van der Waals surface area contributed by atoms with E-state index in [0.717, 1.165) is 5.56 Å². The first kappa shape index (κ1) is 18.0. The van der Waals surface area contributed by atoms with Crippen LogP contribution in [0.3, 0.4) is 0 Å². The van der Waals surface area contributed by atoms with Crippen molar-refractivity contribution >= 4 is 17.6 Å². The standard InChI is InChI=1S/C22H18N4O4/c1-26-14-11-7-6-10-13(14)22(21(26)28)15-17(12-8-4-3-5-9-12)24-25-19(15)30-18(23)16(22)20(27)29-2/h3-11H,23H2,1-2H3,(H,24,25)/t22-/m1/s1. The Balaban J connectivity index is 1.93. The lowest BCUT2D eigenvalue weighted by Crippen LogP contribution is -2.47. The van der Waals surface area contributed by atoms with Crippen LogP contribution < -0.4 is 15.4 Å². The SMILES string of the molecule is COC(=O)C1=C(N)Oc2n[nH]c(-c3ccccc3)c2[C@@]12C(=O)N(C)c1ccccc12. The zero-order chi connectivity index (χ0) is 21.0. The summed E-state index contributed by atoms with van der Waals surface area (Å²) in [4.78, 5) is 28.3. The largest absolute Gasteiger partial charge is 0.465 e. The van der Waals surface area contributed by atoms with Gasteiger partial charge in [0.05, 0.1) is 18.4 Å². The lowest BCUT2D eigenvalue weighted by molar-refractivity contribution is -0.138. The van der Waals surface area contributed by atoms with Crippen molar-refractivity contribution in [1.82, 2.24) is 10.2 Å². The highest BCUT2D eigenvalue weighted by Gasteiger charge is 2.62. The van der Waals surface area contributed by atoms with E-state index in [1.807, 2.05) is 54.6 Å². The summed E-state index contributed by atoms with van der Waals surface area (Å²) in [6.07, 6.45) is 0. The average Bonchev–Trinajstić information content (AvgIpc) is 3.29. The van der Waals surface area contributed by atoms with Crippen LogP contribution in [0.25, 0.3) is 11.3 Å². The highest BCUT2D eigenvalue weighted by Crippen LogP contribution is 2.56. The van der Waals surface area contributed by atoms with Crippen molar-refractivity contribution in [2.45, 2.75) is 5.41 Å². The van der Waals surface area contributed by atoms with Crippen LogP contribution in [0.1, 0.15) is 11.1 Å². The van der Waals surface area contributed by atoms with Gasteiger partial charge in [0.15, 0.2) is 0 Å². The van der Waals surface area contributed by atoms with Gasteiger partial charge in [-0.3, -0.25) is 9.89 Å². The van der Waals surface area contributed by atoms with Crippen molar-refractivity contribution in [1.29, 1.82) is 0 Å². The summed E-state index contributed by atoms with van der Waals surface area (Å²) in [5.41, 5.74) is 7.64. The third kappa shape index (κ3) is 2.07. The van der Waals surface area contributed by atoms with Crippen LogP contribution in [0.4, 0.5) is 5.69 Å². The summed E-state index contributed by atoms with van der Waals surface area (Å²) in [7, 11) is 2.91. The fraction of sp³-hybridized carbons (Fsp3) is 0.136. The number of hydrogen-bond acceptors (Lipinski definition) is 6. The molecule has 0 bridgehead atoms. The van der Waals surface area contributed by atoms with E-state index in [2.05, 4.69) is 10.2 Å². The molecule has 150 valence electrons. The van der Waals surface area contributed by atoms with Gasteiger partial charge < -0.3 is 20.1 Å². The number of likely N-dealkylation sites (N-methyl/N-ethyl adjacent to an activating group) is 1. The van der Waals surface area contributed by atoms with Crippen LogP contribution in [-0.4, -0.2) is 36.2 Å². The third-order valence-corrected chi connectivity index (χ3v) is 5.68. The maximum atomic E-state index is 13.9. The molecule has 0 saturated carbocycles. The topological polar surface area (TPSA) is 111 Å². The molecular weight excluding hydrogens is 384 g/mol. The number of H-pyrrole nitrogens is 1. The van der Waals surface area contributed by atoms with E-state index >= 15 is 0 Å². The number of aromatic amines is 1. The number of amides is 1. The molecule has 0 fully saturated rings. The second-order valence-corrected chi connectivity index (χ2v) is 7.11. The fourth-order valence-corrected chi connectivity index (χ4v) is 4.42. The molecule has 3 heterocycles. The summed E-state index contributed by atoms with van der Waals surface area (Å²) < 4.78 is 10.7. The first-order valence-corrected chi connectivity index (χ1v) is 9.30. The molecule has 1 atom stereocenters. The molecule has 8 nitrogen and oxygen atoms in total. The monoisotopic (exact) mass is 402 g/mol. The van der Waals surface area contributed by atoms with E-state index in [4.69, 9.17) is 15.2 Å². The Morgan fingerprint density at radius 1 is 1.17 bits per heavy atom. The molecule has 0 aliphatic carbocycles. The minimum absolute atomic E-state index is 0.0575. The molecule has 8 heteroatoms. The fourth-order valence-electron chi connectivity index (χ4n) is 4.42. The average molecular weight is 402 g/mol. The van der Waals surface area contributed by atoms with E-state index in [-0.39, 0.29) is 23.2 Å². The van der Waals surface area contributed by atoms with Crippen molar-refractivity contribution in [3.8, 4) is 17.1 Å². The molecule has 1 spiro atoms. The molecule has 0 saturated heterocycles. The lowest BCUT2D eigenvalue weighted by Gasteiger charge is -2.34. The minimum atomic E-state index is -1.55. The zero-order valence-electron chi connectivity index (χ0n) is 16.3. The quantitative estimate of drug-likeness (QED) is 0.635. The summed E-state index contributed by atoms with van der Waals surface area (Å²) in [6, 6.07) is 16.7. The minimum Gasteiger partial charge on any atom is -0.465 e. The molecule has 3 N–H and O–H groups in total. The van der Waals surface area contributed by atoms with Gasteiger partial charge in [-0.05, 0) is 6.07 Å². The number of carbonyl (C=O) groups excluding carboxylic acids is 2. The van der Waals surface area contributed by atoms with Gasteiger partial charge in [0.2, 0.25) is 17.7 Å². The van der Waals surface area contributed by atoms with Crippen LogP contribution in [0.15, 0.2) is 66.1 Å². The number of rotatable bonds is 2. The first-order valence-electron chi connectivity index (χ1n) is 9.30. The Bertz CT molecular complexity index is 1230. The molecule has 0 unspecified atom stereocenters. The molecule has 1 aromatic heterocycles. The van der Waals surface area contributed by atoms with Gasteiger partial charge in [0, 0.05) is 23.9 Å². The molecule has 5 rings (SSSR count). The molecule has 2 aliphatic heterocycles. The summed E-state index contributed by atoms with van der Waals surface area (Å²) in [5, 5.41) is 7.24.